The fourth-order valence-electron chi connectivity index (χ4n) is 4.49. The average Bonchev–Trinajstić information content (AvgIpc) is 2.88. The highest BCUT2D eigenvalue weighted by molar-refractivity contribution is 7.86. The molecule has 0 aliphatic rings. The molecule has 0 radical (unpaired) electrons. The molecule has 0 aliphatic heterocycles. The summed E-state index contributed by atoms with van der Waals surface area (Å²) in [5.74, 6) is 0.244. The van der Waals surface area contributed by atoms with E-state index in [1.54, 1.807) is 37.3 Å². The van der Waals surface area contributed by atoms with Crippen LogP contribution in [0.1, 0.15) is 16.7 Å². The van der Waals surface area contributed by atoms with Crippen LogP contribution in [-0.2, 0) is 37.0 Å². The van der Waals surface area contributed by atoms with Gasteiger partial charge in [0.15, 0.2) is 17.2 Å². The van der Waals surface area contributed by atoms with Gasteiger partial charge < -0.3 is 17.3 Å². The van der Waals surface area contributed by atoms with E-state index in [9.17, 15) is 25.3 Å². The van der Waals surface area contributed by atoms with Gasteiger partial charge in [0.2, 0.25) is 0 Å². The van der Waals surface area contributed by atoms with Crippen LogP contribution >= 0.6 is 0 Å². The topological polar surface area (TPSA) is 139 Å². The minimum atomic E-state index is -3.99. The Morgan fingerprint density at radius 3 is 1.77 bits per heavy atom. The lowest BCUT2D eigenvalue weighted by Gasteiger charge is -2.20. The second-order valence-electron chi connectivity index (χ2n) is 9.89. The normalized spacial score (nSPS) is 12.0. The third-order valence-electron chi connectivity index (χ3n) is 6.07. The summed E-state index contributed by atoms with van der Waals surface area (Å²) < 4.78 is 93.5. The first-order chi connectivity index (χ1) is 20.0. The maximum atomic E-state index is 12.4. The van der Waals surface area contributed by atoms with Gasteiger partial charge in [0.25, 0.3) is 0 Å². The van der Waals surface area contributed by atoms with E-state index < -0.39 is 30.4 Å². The van der Waals surface area contributed by atoms with E-state index in [2.05, 4.69) is 0 Å². The Morgan fingerprint density at radius 2 is 1.19 bits per heavy atom. The van der Waals surface area contributed by atoms with E-state index in [0.29, 0.717) is 27.8 Å². The van der Waals surface area contributed by atoms with Gasteiger partial charge >= 0.3 is 30.4 Å². The molecule has 0 saturated carbocycles. The summed E-state index contributed by atoms with van der Waals surface area (Å²) >= 11 is 0. The highest BCUT2D eigenvalue weighted by atomic mass is 32.2. The van der Waals surface area contributed by atoms with E-state index in [0.717, 1.165) is 29.9 Å². The standard InChI is InChI=1S/C30H30O10S3/c1-20-17-26(24-13-16-27(28(18-24)39-42(4,33)34)37-19-22-9-7-6-8-10-22)30(40-43(5,35)36)21(2)29(20)23-11-14-25(15-12-23)38-41(3,31)32/h6-18H,19H2,1-5H3. The molecule has 0 unspecified atom stereocenters. The molecule has 10 nitrogen and oxygen atoms in total. The van der Waals surface area contributed by atoms with Gasteiger partial charge in [0, 0.05) is 11.1 Å². The van der Waals surface area contributed by atoms with Gasteiger partial charge in [0.05, 0.1) is 18.8 Å². The van der Waals surface area contributed by atoms with Crippen LogP contribution in [0.25, 0.3) is 22.3 Å². The van der Waals surface area contributed by atoms with Crippen molar-refractivity contribution in [2.45, 2.75) is 20.5 Å². The predicted octanol–water partition coefficient (Wildman–Crippen LogP) is 5.23. The predicted molar refractivity (Wildman–Crippen MR) is 164 cm³/mol. The van der Waals surface area contributed by atoms with Crippen molar-refractivity contribution in [3.05, 3.63) is 95.6 Å². The zero-order valence-electron chi connectivity index (χ0n) is 24.0. The molecule has 0 aliphatic carbocycles. The molecule has 4 aromatic rings. The van der Waals surface area contributed by atoms with Crippen molar-refractivity contribution < 1.29 is 42.5 Å². The number of hydrogen-bond donors (Lipinski definition) is 0. The lowest BCUT2D eigenvalue weighted by molar-refractivity contribution is 0.296. The van der Waals surface area contributed by atoms with Crippen LogP contribution < -0.4 is 17.3 Å². The van der Waals surface area contributed by atoms with Crippen molar-refractivity contribution in [2.24, 2.45) is 0 Å². The van der Waals surface area contributed by atoms with Gasteiger partial charge in [-0.3, -0.25) is 0 Å². The summed E-state index contributed by atoms with van der Waals surface area (Å²) in [6.07, 6.45) is 2.77. The first-order valence-corrected chi connectivity index (χ1v) is 18.2. The fourth-order valence-corrected chi connectivity index (χ4v) is 5.93. The largest absolute Gasteiger partial charge is 0.485 e. The van der Waals surface area contributed by atoms with Crippen molar-refractivity contribution in [1.82, 2.24) is 0 Å². The molecule has 43 heavy (non-hydrogen) atoms. The molecular weight excluding hydrogens is 617 g/mol. The van der Waals surface area contributed by atoms with E-state index in [-0.39, 0.29) is 29.6 Å². The van der Waals surface area contributed by atoms with Gasteiger partial charge in [-0.15, -0.1) is 0 Å². The van der Waals surface area contributed by atoms with Crippen molar-refractivity contribution in [3.63, 3.8) is 0 Å². The Bertz CT molecular complexity index is 1970. The van der Waals surface area contributed by atoms with Crippen molar-refractivity contribution in [2.75, 3.05) is 18.8 Å². The van der Waals surface area contributed by atoms with Crippen molar-refractivity contribution in [3.8, 4) is 45.3 Å². The van der Waals surface area contributed by atoms with Crippen LogP contribution in [0.15, 0.2) is 78.9 Å². The molecule has 0 heterocycles. The third kappa shape index (κ3) is 8.72. The van der Waals surface area contributed by atoms with Gasteiger partial charge in [-0.1, -0.05) is 48.5 Å². The SMILES string of the molecule is Cc1cc(-c2ccc(OCc3ccccc3)c(OS(C)(=O)=O)c2)c(OS(C)(=O)=O)c(C)c1-c1ccc(OS(C)(=O)=O)cc1. The minimum absolute atomic E-state index is 0.0304. The molecule has 0 bridgehead atoms. The van der Waals surface area contributed by atoms with Crippen LogP contribution in [0, 0.1) is 13.8 Å². The number of benzene rings is 4. The highest BCUT2D eigenvalue weighted by Crippen LogP contribution is 2.44. The maximum Gasteiger partial charge on any atom is 0.306 e. The molecule has 0 saturated heterocycles. The number of rotatable bonds is 11. The molecule has 0 N–H and O–H groups in total. The van der Waals surface area contributed by atoms with Crippen LogP contribution in [0.2, 0.25) is 0 Å². The zero-order valence-corrected chi connectivity index (χ0v) is 26.5. The average molecular weight is 647 g/mol. The van der Waals surface area contributed by atoms with E-state index in [1.165, 1.54) is 18.2 Å². The Labute approximate surface area is 252 Å². The highest BCUT2D eigenvalue weighted by Gasteiger charge is 2.22. The number of aryl methyl sites for hydroxylation is 1. The van der Waals surface area contributed by atoms with Gasteiger partial charge in [0.1, 0.15) is 12.4 Å². The first kappa shape index (κ1) is 31.9. The van der Waals surface area contributed by atoms with E-state index in [1.807, 2.05) is 37.3 Å². The molecule has 228 valence electrons. The van der Waals surface area contributed by atoms with Gasteiger partial charge in [-0.05, 0) is 72.0 Å². The smallest absolute Gasteiger partial charge is 0.306 e. The first-order valence-electron chi connectivity index (χ1n) is 12.7. The molecule has 0 aromatic heterocycles. The Hall–Kier alpha value is -4.07. The Balaban J connectivity index is 1.83. The second kappa shape index (κ2) is 12.3. The van der Waals surface area contributed by atoms with Crippen molar-refractivity contribution in [1.29, 1.82) is 0 Å². The summed E-state index contributed by atoms with van der Waals surface area (Å²) in [6, 6.07) is 21.9. The minimum Gasteiger partial charge on any atom is -0.485 e. The summed E-state index contributed by atoms with van der Waals surface area (Å²) in [5, 5.41) is 0. The van der Waals surface area contributed by atoms with Crippen LogP contribution in [0.4, 0.5) is 0 Å². The van der Waals surface area contributed by atoms with Crippen LogP contribution in [0.3, 0.4) is 0 Å². The fraction of sp³-hybridized carbons (Fsp3) is 0.200. The van der Waals surface area contributed by atoms with Crippen molar-refractivity contribution >= 4 is 30.4 Å². The molecule has 0 spiro atoms. The van der Waals surface area contributed by atoms with E-state index in [4.69, 9.17) is 17.3 Å². The third-order valence-corrected chi connectivity index (χ3v) is 7.52. The monoisotopic (exact) mass is 646 g/mol. The number of hydrogen-bond acceptors (Lipinski definition) is 10. The number of ether oxygens (including phenoxy) is 1. The van der Waals surface area contributed by atoms with Gasteiger partial charge in [-0.25, -0.2) is 0 Å². The molecule has 13 heteroatoms. The molecule has 4 aromatic carbocycles. The quantitative estimate of drug-likeness (QED) is 0.199. The summed E-state index contributed by atoms with van der Waals surface area (Å²) in [5.41, 5.74) is 4.18. The van der Waals surface area contributed by atoms with Gasteiger partial charge in [-0.2, -0.15) is 25.3 Å². The van der Waals surface area contributed by atoms with Crippen LogP contribution in [-0.4, -0.2) is 44.0 Å². The summed E-state index contributed by atoms with van der Waals surface area (Å²) in [4.78, 5) is 0. The molecule has 4 rings (SSSR count). The lowest BCUT2D eigenvalue weighted by Crippen LogP contribution is -2.10. The molecule has 0 fully saturated rings. The zero-order chi connectivity index (χ0) is 31.6. The van der Waals surface area contributed by atoms with E-state index >= 15 is 0 Å². The Kier molecular flexibility index (Phi) is 9.09. The molecular formula is C30H30O10S3. The lowest BCUT2D eigenvalue weighted by atomic mass is 9.90. The van der Waals surface area contributed by atoms with Crippen LogP contribution in [0.5, 0.6) is 23.0 Å². The second-order valence-corrected chi connectivity index (χ2v) is 14.6. The molecule has 0 atom stereocenters. The molecule has 0 amide bonds. The maximum absolute atomic E-state index is 12.4. The Morgan fingerprint density at radius 1 is 0.605 bits per heavy atom. The summed E-state index contributed by atoms with van der Waals surface area (Å²) in [6.45, 7) is 3.67. The summed E-state index contributed by atoms with van der Waals surface area (Å²) in [7, 11) is -11.7.